The topological polar surface area (TPSA) is 64.9 Å². The highest BCUT2D eigenvalue weighted by Crippen LogP contribution is 2.13. The molecule has 0 heterocycles. The average Bonchev–Trinajstić information content (AvgIpc) is 2.47. The van der Waals surface area contributed by atoms with Gasteiger partial charge in [0.1, 0.15) is 0 Å². The predicted octanol–water partition coefficient (Wildman–Crippen LogP) is 3.26. The first-order valence-corrected chi connectivity index (χ1v) is 6.34. The third kappa shape index (κ3) is 4.01. The van der Waals surface area contributed by atoms with E-state index in [0.29, 0.717) is 16.3 Å². The number of rotatable bonds is 4. The van der Waals surface area contributed by atoms with Crippen molar-refractivity contribution in [3.8, 4) is 6.07 Å². The maximum absolute atomic E-state index is 11.8. The second-order valence-electron chi connectivity index (χ2n) is 4.10. The zero-order valence-electron chi connectivity index (χ0n) is 10.6. The normalized spacial score (nSPS) is 9.60. The highest BCUT2D eigenvalue weighted by Gasteiger charge is 2.03. The lowest BCUT2D eigenvalue weighted by Gasteiger charge is -2.08. The average molecular weight is 286 g/mol. The predicted molar refractivity (Wildman–Crippen MR) is 79.7 cm³/mol. The minimum atomic E-state index is -0.185. The van der Waals surface area contributed by atoms with E-state index in [1.165, 1.54) is 0 Å². The number of carbonyl (C=O) groups is 1. The lowest BCUT2D eigenvalue weighted by molar-refractivity contribution is -0.114. The molecular weight excluding hydrogens is 274 g/mol. The summed E-state index contributed by atoms with van der Waals surface area (Å²) < 4.78 is 0. The summed E-state index contributed by atoms with van der Waals surface area (Å²) in [5, 5.41) is 15.1. The summed E-state index contributed by atoms with van der Waals surface area (Å²) in [4.78, 5) is 11.8. The van der Waals surface area contributed by atoms with Crippen LogP contribution in [0, 0.1) is 11.3 Å². The highest BCUT2D eigenvalue weighted by atomic mass is 35.5. The van der Waals surface area contributed by atoms with Crippen molar-refractivity contribution in [1.29, 1.82) is 5.26 Å². The van der Waals surface area contributed by atoms with Crippen LogP contribution in [-0.4, -0.2) is 12.5 Å². The molecule has 100 valence electrons. The molecule has 20 heavy (non-hydrogen) atoms. The van der Waals surface area contributed by atoms with Gasteiger partial charge in [0, 0.05) is 16.4 Å². The van der Waals surface area contributed by atoms with E-state index in [1.54, 1.807) is 48.5 Å². The quantitative estimate of drug-likeness (QED) is 0.906. The van der Waals surface area contributed by atoms with Crippen LogP contribution in [0.5, 0.6) is 0 Å². The smallest absolute Gasteiger partial charge is 0.243 e. The van der Waals surface area contributed by atoms with Gasteiger partial charge in [-0.3, -0.25) is 4.79 Å². The molecule has 0 fully saturated rings. The van der Waals surface area contributed by atoms with Gasteiger partial charge in [0.05, 0.1) is 18.2 Å². The molecule has 0 unspecified atom stereocenters. The molecule has 0 spiro atoms. The molecule has 0 aliphatic heterocycles. The Labute approximate surface area is 122 Å². The first-order chi connectivity index (χ1) is 9.67. The molecule has 0 aliphatic carbocycles. The van der Waals surface area contributed by atoms with Gasteiger partial charge in [0.15, 0.2) is 0 Å². The van der Waals surface area contributed by atoms with Gasteiger partial charge in [-0.25, -0.2) is 0 Å². The molecule has 1 amide bonds. The van der Waals surface area contributed by atoms with Crippen LogP contribution >= 0.6 is 11.6 Å². The second kappa shape index (κ2) is 6.60. The van der Waals surface area contributed by atoms with Crippen LogP contribution in [0.1, 0.15) is 5.56 Å². The zero-order chi connectivity index (χ0) is 14.4. The van der Waals surface area contributed by atoms with Crippen LogP contribution in [-0.2, 0) is 4.79 Å². The van der Waals surface area contributed by atoms with Crippen LogP contribution in [0.2, 0.25) is 5.02 Å². The highest BCUT2D eigenvalue weighted by molar-refractivity contribution is 6.30. The number of hydrogen-bond acceptors (Lipinski definition) is 3. The molecule has 0 radical (unpaired) electrons. The number of anilines is 2. The Bertz CT molecular complexity index is 647. The molecule has 0 saturated heterocycles. The van der Waals surface area contributed by atoms with E-state index in [4.69, 9.17) is 16.9 Å². The van der Waals surface area contributed by atoms with Crippen LogP contribution in [0.25, 0.3) is 0 Å². The monoisotopic (exact) mass is 285 g/mol. The summed E-state index contributed by atoms with van der Waals surface area (Å²) >= 11 is 5.78. The SMILES string of the molecule is N#Cc1cccc(NC(=O)CNc2ccc(Cl)cc2)c1. The second-order valence-corrected chi connectivity index (χ2v) is 4.54. The number of nitriles is 1. The Balaban J connectivity index is 1.89. The summed E-state index contributed by atoms with van der Waals surface area (Å²) in [6.07, 6.45) is 0. The van der Waals surface area contributed by atoms with E-state index in [-0.39, 0.29) is 12.5 Å². The molecule has 4 nitrogen and oxygen atoms in total. The molecule has 5 heteroatoms. The van der Waals surface area contributed by atoms with Crippen LogP contribution in [0.4, 0.5) is 11.4 Å². The van der Waals surface area contributed by atoms with Gasteiger partial charge in [-0.2, -0.15) is 5.26 Å². The molecule has 2 N–H and O–H groups in total. The first-order valence-electron chi connectivity index (χ1n) is 5.97. The number of amides is 1. The van der Waals surface area contributed by atoms with Gasteiger partial charge < -0.3 is 10.6 Å². The van der Waals surface area contributed by atoms with Gasteiger partial charge in [-0.1, -0.05) is 17.7 Å². The zero-order valence-corrected chi connectivity index (χ0v) is 11.3. The Morgan fingerprint density at radius 1 is 1.15 bits per heavy atom. The molecular formula is C15H12ClN3O. The van der Waals surface area contributed by atoms with Crippen molar-refractivity contribution >= 4 is 28.9 Å². The largest absolute Gasteiger partial charge is 0.376 e. The van der Waals surface area contributed by atoms with E-state index in [0.717, 1.165) is 5.69 Å². The first kappa shape index (κ1) is 13.9. The van der Waals surface area contributed by atoms with Crippen molar-refractivity contribution in [2.45, 2.75) is 0 Å². The van der Waals surface area contributed by atoms with Crippen molar-refractivity contribution < 1.29 is 4.79 Å². The molecule has 2 aromatic rings. The summed E-state index contributed by atoms with van der Waals surface area (Å²) in [6, 6.07) is 15.9. The third-order valence-corrected chi connectivity index (χ3v) is 2.82. The van der Waals surface area contributed by atoms with Crippen LogP contribution in [0.15, 0.2) is 48.5 Å². The maximum atomic E-state index is 11.8. The number of hydrogen-bond donors (Lipinski definition) is 2. The summed E-state index contributed by atoms with van der Waals surface area (Å²) in [5.41, 5.74) is 1.93. The number of nitrogens with one attached hydrogen (secondary N) is 2. The fourth-order valence-corrected chi connectivity index (χ4v) is 1.75. The molecule has 0 aromatic heterocycles. The van der Waals surface area contributed by atoms with Gasteiger partial charge >= 0.3 is 0 Å². The number of halogens is 1. The number of benzene rings is 2. The van der Waals surface area contributed by atoms with Crippen molar-refractivity contribution in [2.24, 2.45) is 0 Å². The lowest BCUT2D eigenvalue weighted by atomic mass is 10.2. The Morgan fingerprint density at radius 2 is 1.90 bits per heavy atom. The molecule has 2 rings (SSSR count). The van der Waals surface area contributed by atoms with Gasteiger partial charge in [-0.15, -0.1) is 0 Å². The summed E-state index contributed by atoms with van der Waals surface area (Å²) in [6.45, 7) is 0.137. The van der Waals surface area contributed by atoms with Crippen molar-refractivity contribution in [1.82, 2.24) is 0 Å². The van der Waals surface area contributed by atoms with Crippen LogP contribution < -0.4 is 10.6 Å². The minimum absolute atomic E-state index is 0.137. The van der Waals surface area contributed by atoms with Gasteiger partial charge in [-0.05, 0) is 42.5 Å². The third-order valence-electron chi connectivity index (χ3n) is 2.57. The van der Waals surface area contributed by atoms with Gasteiger partial charge in [0.25, 0.3) is 0 Å². The molecule has 0 bridgehead atoms. The maximum Gasteiger partial charge on any atom is 0.243 e. The Kier molecular flexibility index (Phi) is 4.59. The molecule has 0 saturated carbocycles. The van der Waals surface area contributed by atoms with E-state index in [9.17, 15) is 4.79 Å². The fraction of sp³-hybridized carbons (Fsp3) is 0.0667. The van der Waals surface area contributed by atoms with E-state index < -0.39 is 0 Å². The van der Waals surface area contributed by atoms with E-state index in [2.05, 4.69) is 10.6 Å². The fourth-order valence-electron chi connectivity index (χ4n) is 1.62. The van der Waals surface area contributed by atoms with Crippen LogP contribution in [0.3, 0.4) is 0 Å². The molecule has 0 aliphatic rings. The summed E-state index contributed by atoms with van der Waals surface area (Å²) in [5.74, 6) is -0.185. The van der Waals surface area contributed by atoms with Crippen molar-refractivity contribution in [3.63, 3.8) is 0 Å². The van der Waals surface area contributed by atoms with Crippen molar-refractivity contribution in [2.75, 3.05) is 17.2 Å². The number of nitrogens with zero attached hydrogens (tertiary/aromatic N) is 1. The lowest BCUT2D eigenvalue weighted by Crippen LogP contribution is -2.21. The van der Waals surface area contributed by atoms with E-state index >= 15 is 0 Å². The standard InChI is InChI=1S/C15H12ClN3O/c16-12-4-6-13(7-5-12)18-10-15(20)19-14-3-1-2-11(8-14)9-17/h1-8,18H,10H2,(H,19,20). The van der Waals surface area contributed by atoms with Crippen molar-refractivity contribution in [3.05, 3.63) is 59.1 Å². The molecule has 0 atom stereocenters. The summed E-state index contributed by atoms with van der Waals surface area (Å²) in [7, 11) is 0. The minimum Gasteiger partial charge on any atom is -0.376 e. The van der Waals surface area contributed by atoms with E-state index in [1.807, 2.05) is 6.07 Å². The molecule has 2 aromatic carbocycles. The van der Waals surface area contributed by atoms with Gasteiger partial charge in [0.2, 0.25) is 5.91 Å². The number of carbonyl (C=O) groups excluding carboxylic acids is 1. The Morgan fingerprint density at radius 3 is 2.60 bits per heavy atom. The Hall–Kier alpha value is -2.51.